The topological polar surface area (TPSA) is 88.9 Å². The van der Waals surface area contributed by atoms with Crippen molar-refractivity contribution >= 4 is 29.1 Å². The van der Waals surface area contributed by atoms with Crippen molar-refractivity contribution in [2.75, 3.05) is 6.54 Å². The van der Waals surface area contributed by atoms with Crippen molar-refractivity contribution in [3.63, 3.8) is 0 Å². The third kappa shape index (κ3) is 3.56. The molecule has 1 aromatic carbocycles. The van der Waals surface area contributed by atoms with E-state index in [0.717, 1.165) is 0 Å². The lowest BCUT2D eigenvalue weighted by Crippen LogP contribution is -2.28. The Hall–Kier alpha value is -2.00. The SMILES string of the molecule is N#Cc1cc(C(=O)NC[C@H](O)c2c(Cl)cccc2Cl)c[nH]1. The minimum atomic E-state index is -1.02. The van der Waals surface area contributed by atoms with Crippen LogP contribution in [0.1, 0.15) is 27.7 Å². The number of hydrogen-bond acceptors (Lipinski definition) is 3. The molecule has 0 saturated carbocycles. The number of nitrogens with zero attached hydrogens (tertiary/aromatic N) is 1. The number of aromatic nitrogens is 1. The summed E-state index contributed by atoms with van der Waals surface area (Å²) >= 11 is 12.0. The Morgan fingerprint density at radius 2 is 2.10 bits per heavy atom. The second-order valence-corrected chi connectivity index (χ2v) is 5.09. The maximum Gasteiger partial charge on any atom is 0.252 e. The van der Waals surface area contributed by atoms with E-state index in [9.17, 15) is 9.90 Å². The fourth-order valence-electron chi connectivity index (χ4n) is 1.81. The number of hydrogen-bond donors (Lipinski definition) is 3. The van der Waals surface area contributed by atoms with Gasteiger partial charge in [0.15, 0.2) is 0 Å². The van der Waals surface area contributed by atoms with Gasteiger partial charge in [0.2, 0.25) is 0 Å². The highest BCUT2D eigenvalue weighted by Crippen LogP contribution is 2.29. The average Bonchev–Trinajstić information content (AvgIpc) is 2.93. The molecule has 1 amide bonds. The number of carbonyl (C=O) groups is 1. The Labute approximate surface area is 131 Å². The average molecular weight is 324 g/mol. The van der Waals surface area contributed by atoms with Crippen molar-refractivity contribution in [3.8, 4) is 6.07 Å². The van der Waals surface area contributed by atoms with Crippen molar-refractivity contribution in [2.24, 2.45) is 0 Å². The van der Waals surface area contributed by atoms with Crippen LogP contribution >= 0.6 is 23.2 Å². The van der Waals surface area contributed by atoms with Gasteiger partial charge in [-0.2, -0.15) is 5.26 Å². The van der Waals surface area contributed by atoms with Crippen LogP contribution in [0.5, 0.6) is 0 Å². The molecular weight excluding hydrogens is 313 g/mol. The number of rotatable bonds is 4. The maximum absolute atomic E-state index is 11.9. The van der Waals surface area contributed by atoms with E-state index >= 15 is 0 Å². The van der Waals surface area contributed by atoms with Crippen molar-refractivity contribution in [1.29, 1.82) is 5.26 Å². The molecule has 0 fully saturated rings. The van der Waals surface area contributed by atoms with Crippen molar-refractivity contribution in [2.45, 2.75) is 6.10 Å². The first-order valence-electron chi connectivity index (χ1n) is 6.01. The first-order chi connectivity index (χ1) is 10.0. The van der Waals surface area contributed by atoms with Crippen LogP contribution in [0.4, 0.5) is 0 Å². The Morgan fingerprint density at radius 1 is 1.43 bits per heavy atom. The van der Waals surface area contributed by atoms with Gasteiger partial charge in [0, 0.05) is 28.4 Å². The van der Waals surface area contributed by atoms with Gasteiger partial charge in [-0.15, -0.1) is 0 Å². The standard InChI is InChI=1S/C14H11Cl2N3O2/c15-10-2-1-3-11(16)13(10)12(20)7-19-14(21)8-4-9(5-17)18-6-8/h1-4,6,12,18,20H,7H2,(H,19,21)/t12-/m0/s1. The molecule has 2 aromatic rings. The molecule has 0 aliphatic rings. The minimum Gasteiger partial charge on any atom is -0.386 e. The third-order valence-electron chi connectivity index (χ3n) is 2.85. The van der Waals surface area contributed by atoms with Crippen molar-refractivity contribution < 1.29 is 9.90 Å². The number of nitrogens with one attached hydrogen (secondary N) is 2. The smallest absolute Gasteiger partial charge is 0.252 e. The zero-order valence-electron chi connectivity index (χ0n) is 10.7. The van der Waals surface area contributed by atoms with E-state index in [-0.39, 0.29) is 12.2 Å². The van der Waals surface area contributed by atoms with E-state index in [2.05, 4.69) is 10.3 Å². The second-order valence-electron chi connectivity index (χ2n) is 4.27. The summed E-state index contributed by atoms with van der Waals surface area (Å²) in [7, 11) is 0. The van der Waals surface area contributed by atoms with Gasteiger partial charge in [0.1, 0.15) is 11.8 Å². The van der Waals surface area contributed by atoms with E-state index in [4.69, 9.17) is 28.5 Å². The quantitative estimate of drug-likeness (QED) is 0.808. The molecule has 0 saturated heterocycles. The predicted molar refractivity (Wildman–Crippen MR) is 79.3 cm³/mol. The van der Waals surface area contributed by atoms with Crippen LogP contribution in [0.2, 0.25) is 10.0 Å². The molecule has 0 unspecified atom stereocenters. The maximum atomic E-state index is 11.9. The number of amides is 1. The molecule has 0 bridgehead atoms. The summed E-state index contributed by atoms with van der Waals surface area (Å²) in [6, 6.07) is 8.20. The Balaban J connectivity index is 2.02. The summed E-state index contributed by atoms with van der Waals surface area (Å²) in [5, 5.41) is 22.0. The zero-order valence-corrected chi connectivity index (χ0v) is 12.2. The van der Waals surface area contributed by atoms with Gasteiger partial charge in [-0.1, -0.05) is 29.3 Å². The van der Waals surface area contributed by atoms with Crippen molar-refractivity contribution in [3.05, 3.63) is 57.3 Å². The number of H-pyrrole nitrogens is 1. The monoisotopic (exact) mass is 323 g/mol. The molecule has 0 aliphatic carbocycles. The zero-order chi connectivity index (χ0) is 15.4. The van der Waals surface area contributed by atoms with Gasteiger partial charge < -0.3 is 15.4 Å². The van der Waals surface area contributed by atoms with Gasteiger partial charge in [-0.05, 0) is 18.2 Å². The van der Waals surface area contributed by atoms with Gasteiger partial charge in [0.25, 0.3) is 5.91 Å². The largest absolute Gasteiger partial charge is 0.386 e. The molecule has 0 aliphatic heterocycles. The number of aliphatic hydroxyl groups is 1. The van der Waals surface area contributed by atoms with E-state index in [1.54, 1.807) is 18.2 Å². The van der Waals surface area contributed by atoms with Gasteiger partial charge >= 0.3 is 0 Å². The molecule has 0 radical (unpaired) electrons. The molecule has 108 valence electrons. The fourth-order valence-corrected chi connectivity index (χ4v) is 2.46. The molecule has 3 N–H and O–H groups in total. The van der Waals surface area contributed by atoms with Crippen LogP contribution in [0, 0.1) is 11.3 Å². The highest BCUT2D eigenvalue weighted by atomic mass is 35.5. The molecule has 5 nitrogen and oxygen atoms in total. The number of aromatic amines is 1. The lowest BCUT2D eigenvalue weighted by atomic mass is 10.1. The first kappa shape index (κ1) is 15.4. The number of benzene rings is 1. The summed E-state index contributed by atoms with van der Waals surface area (Å²) in [6.45, 7) is -0.0463. The van der Waals surface area contributed by atoms with E-state index in [0.29, 0.717) is 21.2 Å². The molecule has 1 heterocycles. The summed E-state index contributed by atoms with van der Waals surface area (Å²) in [5.74, 6) is -0.407. The number of halogens is 2. The fraction of sp³-hybridized carbons (Fsp3) is 0.143. The van der Waals surface area contributed by atoms with Gasteiger partial charge in [-0.3, -0.25) is 4.79 Å². The molecule has 0 spiro atoms. The highest BCUT2D eigenvalue weighted by molar-refractivity contribution is 6.36. The normalized spacial score (nSPS) is 11.7. The lowest BCUT2D eigenvalue weighted by Gasteiger charge is -2.15. The number of carbonyl (C=O) groups excluding carboxylic acids is 1. The van der Waals surface area contributed by atoms with E-state index < -0.39 is 12.0 Å². The number of aliphatic hydroxyl groups excluding tert-OH is 1. The number of nitriles is 1. The van der Waals surface area contributed by atoms with Crippen LogP contribution in [0.25, 0.3) is 0 Å². The highest BCUT2D eigenvalue weighted by Gasteiger charge is 2.17. The van der Waals surface area contributed by atoms with Crippen LogP contribution in [0.15, 0.2) is 30.5 Å². The van der Waals surface area contributed by atoms with Gasteiger partial charge in [0.05, 0.1) is 11.7 Å². The van der Waals surface area contributed by atoms with Crippen LogP contribution in [-0.4, -0.2) is 22.5 Å². The summed E-state index contributed by atoms with van der Waals surface area (Å²) in [4.78, 5) is 14.5. The van der Waals surface area contributed by atoms with Crippen molar-refractivity contribution in [1.82, 2.24) is 10.3 Å². The molecule has 21 heavy (non-hydrogen) atoms. The van der Waals surface area contributed by atoms with Crippen LogP contribution in [0.3, 0.4) is 0 Å². The van der Waals surface area contributed by atoms with Crippen LogP contribution < -0.4 is 5.32 Å². The Bertz CT molecular complexity index is 686. The molecule has 2 rings (SSSR count). The Morgan fingerprint density at radius 3 is 2.67 bits per heavy atom. The van der Waals surface area contributed by atoms with Crippen LogP contribution in [-0.2, 0) is 0 Å². The third-order valence-corrected chi connectivity index (χ3v) is 3.51. The van der Waals surface area contributed by atoms with E-state index in [1.807, 2.05) is 6.07 Å². The minimum absolute atomic E-state index is 0.0463. The molecule has 1 aromatic heterocycles. The summed E-state index contributed by atoms with van der Waals surface area (Å²) < 4.78 is 0. The van der Waals surface area contributed by atoms with E-state index in [1.165, 1.54) is 12.3 Å². The summed E-state index contributed by atoms with van der Waals surface area (Å²) in [6.07, 6.45) is 0.396. The molecule has 1 atom stereocenters. The lowest BCUT2D eigenvalue weighted by molar-refractivity contribution is 0.0916. The Kier molecular flexibility index (Phi) is 4.86. The second kappa shape index (κ2) is 6.64. The molecular formula is C14H11Cl2N3O2. The predicted octanol–water partition coefficient (Wildman–Crippen LogP) is 2.66. The van der Waals surface area contributed by atoms with Gasteiger partial charge in [-0.25, -0.2) is 0 Å². The summed E-state index contributed by atoms with van der Waals surface area (Å²) in [5.41, 5.74) is 0.965. The molecule has 7 heteroatoms. The first-order valence-corrected chi connectivity index (χ1v) is 6.77.